The van der Waals surface area contributed by atoms with Crippen LogP contribution in [0, 0.1) is 0 Å². The summed E-state index contributed by atoms with van der Waals surface area (Å²) in [6.45, 7) is 0. The molecule has 0 saturated carbocycles. The molecule has 1 heteroatoms. The molecule has 0 spiro atoms. The molecule has 0 aliphatic heterocycles. The maximum absolute atomic E-state index is 10.8. The molecule has 0 saturated heterocycles. The topological polar surface area (TPSA) is 20.2 Å². The summed E-state index contributed by atoms with van der Waals surface area (Å²) < 4.78 is 0. The van der Waals surface area contributed by atoms with Gasteiger partial charge in [0.25, 0.3) is 0 Å². The molecule has 1 nitrogen and oxygen atoms in total. The summed E-state index contributed by atoms with van der Waals surface area (Å²) in [5, 5.41) is 13.2. The van der Waals surface area contributed by atoms with Gasteiger partial charge in [-0.3, -0.25) is 0 Å². The first kappa shape index (κ1) is 12.6. The van der Waals surface area contributed by atoms with E-state index in [0.717, 1.165) is 18.4 Å². The first-order valence-corrected chi connectivity index (χ1v) is 7.57. The average molecular weight is 274 g/mol. The third kappa shape index (κ3) is 2.14. The Morgan fingerprint density at radius 1 is 0.857 bits per heavy atom. The Kier molecular flexibility index (Phi) is 3.01. The minimum atomic E-state index is -0.418. The lowest BCUT2D eigenvalue weighted by Gasteiger charge is -2.20. The van der Waals surface area contributed by atoms with Crippen LogP contribution in [0.4, 0.5) is 0 Å². The van der Waals surface area contributed by atoms with Gasteiger partial charge in [-0.2, -0.15) is 0 Å². The second-order valence-electron chi connectivity index (χ2n) is 5.90. The minimum absolute atomic E-state index is 0.224. The second-order valence-corrected chi connectivity index (χ2v) is 5.90. The van der Waals surface area contributed by atoms with Gasteiger partial charge in [-0.05, 0) is 46.4 Å². The zero-order valence-electron chi connectivity index (χ0n) is 11.9. The van der Waals surface area contributed by atoms with Crippen molar-refractivity contribution in [2.75, 3.05) is 0 Å². The van der Waals surface area contributed by atoms with Gasteiger partial charge in [0.05, 0.1) is 6.10 Å². The average Bonchev–Trinajstić information content (AvgIpc) is 2.98. The minimum Gasteiger partial charge on any atom is -0.388 e. The van der Waals surface area contributed by atoms with Gasteiger partial charge in [-0.1, -0.05) is 60.7 Å². The molecule has 104 valence electrons. The van der Waals surface area contributed by atoms with E-state index in [1.54, 1.807) is 0 Å². The van der Waals surface area contributed by atoms with E-state index in [-0.39, 0.29) is 5.92 Å². The molecule has 0 aromatic heterocycles. The lowest BCUT2D eigenvalue weighted by Crippen LogP contribution is -2.08. The number of benzene rings is 3. The molecule has 1 aliphatic rings. The maximum Gasteiger partial charge on any atom is 0.0858 e. The first-order valence-electron chi connectivity index (χ1n) is 7.57. The number of hydrogen-bond donors (Lipinski definition) is 1. The number of hydrogen-bond acceptors (Lipinski definition) is 1. The molecule has 2 atom stereocenters. The Morgan fingerprint density at radius 3 is 2.52 bits per heavy atom. The fraction of sp³-hybridized carbons (Fsp3) is 0.200. The van der Waals surface area contributed by atoms with Gasteiger partial charge in [0, 0.05) is 5.92 Å². The lowest BCUT2D eigenvalue weighted by molar-refractivity contribution is 0.145. The Morgan fingerprint density at radius 2 is 1.62 bits per heavy atom. The lowest BCUT2D eigenvalue weighted by atomic mass is 9.90. The van der Waals surface area contributed by atoms with Crippen molar-refractivity contribution in [3.05, 3.63) is 83.4 Å². The number of aliphatic hydroxyl groups is 1. The van der Waals surface area contributed by atoms with E-state index in [1.807, 2.05) is 12.1 Å². The molecule has 0 bridgehead atoms. The first-order chi connectivity index (χ1) is 10.3. The van der Waals surface area contributed by atoms with Crippen LogP contribution in [0.2, 0.25) is 0 Å². The summed E-state index contributed by atoms with van der Waals surface area (Å²) in [5.74, 6) is 0.224. The van der Waals surface area contributed by atoms with Crippen molar-refractivity contribution in [3.63, 3.8) is 0 Å². The Balaban J connectivity index is 1.72. The second kappa shape index (κ2) is 5.01. The van der Waals surface area contributed by atoms with Gasteiger partial charge in [0.15, 0.2) is 0 Å². The van der Waals surface area contributed by atoms with Crippen LogP contribution in [0.5, 0.6) is 0 Å². The maximum atomic E-state index is 10.8. The zero-order chi connectivity index (χ0) is 14.2. The Bertz CT molecular complexity index is 790. The smallest absolute Gasteiger partial charge is 0.0858 e. The highest BCUT2D eigenvalue weighted by atomic mass is 16.3. The molecule has 1 N–H and O–H groups in total. The van der Waals surface area contributed by atoms with Crippen LogP contribution in [-0.2, 0) is 6.42 Å². The van der Waals surface area contributed by atoms with Gasteiger partial charge < -0.3 is 5.11 Å². The van der Waals surface area contributed by atoms with Crippen molar-refractivity contribution in [1.29, 1.82) is 0 Å². The highest BCUT2D eigenvalue weighted by Crippen LogP contribution is 2.41. The van der Waals surface area contributed by atoms with Crippen molar-refractivity contribution in [3.8, 4) is 0 Å². The van der Waals surface area contributed by atoms with E-state index in [0.29, 0.717) is 0 Å². The van der Waals surface area contributed by atoms with Gasteiger partial charge in [-0.25, -0.2) is 0 Å². The van der Waals surface area contributed by atoms with E-state index < -0.39 is 6.10 Å². The molecular formula is C20H18O. The van der Waals surface area contributed by atoms with Gasteiger partial charge in [-0.15, -0.1) is 0 Å². The summed E-state index contributed by atoms with van der Waals surface area (Å²) in [4.78, 5) is 0. The number of rotatable bonds is 2. The summed E-state index contributed by atoms with van der Waals surface area (Å²) in [5.41, 5.74) is 3.73. The van der Waals surface area contributed by atoms with Crippen LogP contribution in [-0.4, -0.2) is 5.11 Å². The number of aryl methyl sites for hydroxylation is 1. The van der Waals surface area contributed by atoms with Crippen LogP contribution in [0.1, 0.15) is 35.1 Å². The third-order valence-electron chi connectivity index (χ3n) is 4.68. The standard InChI is InChI=1S/C20H18O/c21-20(19-12-11-15-6-3-4-8-18(15)19)17-10-9-14-5-1-2-7-16(14)13-17/h1-10,13,19-21H,11-12H2. The van der Waals surface area contributed by atoms with Crippen molar-refractivity contribution >= 4 is 10.8 Å². The Labute approximate surface area is 124 Å². The number of fused-ring (bicyclic) bond motifs is 2. The van der Waals surface area contributed by atoms with Crippen molar-refractivity contribution < 1.29 is 5.11 Å². The van der Waals surface area contributed by atoms with E-state index >= 15 is 0 Å². The van der Waals surface area contributed by atoms with E-state index in [2.05, 4.69) is 54.6 Å². The molecule has 2 unspecified atom stereocenters. The monoisotopic (exact) mass is 274 g/mol. The SMILES string of the molecule is OC(c1ccc2ccccc2c1)C1CCc2ccccc21. The molecule has 3 aromatic carbocycles. The normalized spacial score (nSPS) is 18.6. The van der Waals surface area contributed by atoms with Gasteiger partial charge >= 0.3 is 0 Å². The Hall–Kier alpha value is -2.12. The predicted molar refractivity (Wildman–Crippen MR) is 86.4 cm³/mol. The highest BCUT2D eigenvalue weighted by Gasteiger charge is 2.29. The quantitative estimate of drug-likeness (QED) is 0.724. The van der Waals surface area contributed by atoms with Gasteiger partial charge in [0.2, 0.25) is 0 Å². The summed E-state index contributed by atoms with van der Waals surface area (Å²) in [6.07, 6.45) is 1.69. The number of aliphatic hydroxyl groups excluding tert-OH is 1. The van der Waals surface area contributed by atoms with E-state index in [1.165, 1.54) is 21.9 Å². The van der Waals surface area contributed by atoms with Crippen molar-refractivity contribution in [2.45, 2.75) is 24.9 Å². The van der Waals surface area contributed by atoms with Crippen LogP contribution in [0.3, 0.4) is 0 Å². The fourth-order valence-electron chi connectivity index (χ4n) is 3.54. The molecule has 0 heterocycles. The largest absolute Gasteiger partial charge is 0.388 e. The molecule has 0 amide bonds. The van der Waals surface area contributed by atoms with Crippen LogP contribution < -0.4 is 0 Å². The highest BCUT2D eigenvalue weighted by molar-refractivity contribution is 5.83. The van der Waals surface area contributed by atoms with E-state index in [9.17, 15) is 5.11 Å². The molecular weight excluding hydrogens is 256 g/mol. The molecule has 0 fully saturated rings. The summed E-state index contributed by atoms with van der Waals surface area (Å²) in [6, 6.07) is 23.1. The fourth-order valence-corrected chi connectivity index (χ4v) is 3.54. The van der Waals surface area contributed by atoms with Gasteiger partial charge in [0.1, 0.15) is 0 Å². The molecule has 21 heavy (non-hydrogen) atoms. The van der Waals surface area contributed by atoms with Crippen molar-refractivity contribution in [1.82, 2.24) is 0 Å². The van der Waals surface area contributed by atoms with Crippen molar-refractivity contribution in [2.24, 2.45) is 0 Å². The summed E-state index contributed by atoms with van der Waals surface area (Å²) >= 11 is 0. The third-order valence-corrected chi connectivity index (χ3v) is 4.68. The zero-order valence-corrected chi connectivity index (χ0v) is 11.9. The van der Waals surface area contributed by atoms with E-state index in [4.69, 9.17) is 0 Å². The summed E-state index contributed by atoms with van der Waals surface area (Å²) in [7, 11) is 0. The molecule has 0 radical (unpaired) electrons. The van der Waals surface area contributed by atoms with Crippen LogP contribution >= 0.6 is 0 Å². The molecule has 4 rings (SSSR count). The molecule has 3 aromatic rings. The van der Waals surface area contributed by atoms with Crippen LogP contribution in [0.25, 0.3) is 10.8 Å². The molecule has 1 aliphatic carbocycles. The predicted octanol–water partition coefficient (Wildman–Crippen LogP) is 4.60. The van der Waals surface area contributed by atoms with Crippen LogP contribution in [0.15, 0.2) is 66.7 Å².